The van der Waals surface area contributed by atoms with Crippen molar-refractivity contribution in [2.24, 2.45) is 0 Å². The quantitative estimate of drug-likeness (QED) is 0.355. The van der Waals surface area contributed by atoms with Crippen LogP contribution in [0.1, 0.15) is 73.5 Å². The van der Waals surface area contributed by atoms with Gasteiger partial charge in [0.15, 0.2) is 5.69 Å². The van der Waals surface area contributed by atoms with Gasteiger partial charge in [0, 0.05) is 18.4 Å². The fraction of sp³-hybridized carbons (Fsp3) is 0.419. The van der Waals surface area contributed by atoms with Crippen LogP contribution in [0.5, 0.6) is 11.5 Å². The largest absolute Gasteiger partial charge is 0.496 e. The van der Waals surface area contributed by atoms with Gasteiger partial charge in [-0.25, -0.2) is 0 Å². The molecule has 2 amide bonds. The maximum absolute atomic E-state index is 13.6. The lowest BCUT2D eigenvalue weighted by Crippen LogP contribution is -2.43. The number of carbonyl (C=O) groups excluding carboxylic acids is 2. The molecule has 0 unspecified atom stereocenters. The Morgan fingerprint density at radius 2 is 1.80 bits per heavy atom. The zero-order valence-electron chi connectivity index (χ0n) is 23.1. The molecule has 0 aliphatic heterocycles. The monoisotopic (exact) mass is 543 g/mol. The number of nitrogens with zero attached hydrogens (tertiary/aromatic N) is 3. The Labute approximate surface area is 235 Å². The second-order valence-electron chi connectivity index (χ2n) is 10.5. The molecule has 5 rings (SSSR count). The van der Waals surface area contributed by atoms with Crippen LogP contribution in [0, 0.1) is 0 Å². The fourth-order valence-corrected chi connectivity index (χ4v) is 5.37. The van der Waals surface area contributed by atoms with E-state index >= 15 is 0 Å². The summed E-state index contributed by atoms with van der Waals surface area (Å²) < 4.78 is 13.3. The average Bonchev–Trinajstić information content (AvgIpc) is 3.64. The van der Waals surface area contributed by atoms with Gasteiger partial charge in [-0.2, -0.15) is 5.10 Å². The van der Waals surface area contributed by atoms with Gasteiger partial charge in [0.05, 0.1) is 44.0 Å². The van der Waals surface area contributed by atoms with Crippen molar-refractivity contribution < 1.29 is 19.1 Å². The number of carbonyl (C=O) groups is 2. The number of rotatable bonds is 11. The molecule has 210 valence electrons. The lowest BCUT2D eigenvalue weighted by atomic mass is 9.93. The van der Waals surface area contributed by atoms with Gasteiger partial charge in [-0.1, -0.05) is 37.1 Å². The van der Waals surface area contributed by atoms with Crippen LogP contribution in [-0.4, -0.2) is 52.9 Å². The predicted octanol–water partition coefficient (Wildman–Crippen LogP) is 4.95. The van der Waals surface area contributed by atoms with E-state index in [4.69, 9.17) is 14.6 Å². The number of amides is 2. The van der Waals surface area contributed by atoms with Gasteiger partial charge in [-0.15, -0.1) is 0 Å². The third-order valence-corrected chi connectivity index (χ3v) is 7.72. The Kier molecular flexibility index (Phi) is 8.78. The molecule has 3 aromatic rings. The molecule has 2 heterocycles. The first-order chi connectivity index (χ1) is 19.6. The first-order valence-corrected chi connectivity index (χ1v) is 14.0. The minimum Gasteiger partial charge on any atom is -0.496 e. The molecule has 2 aliphatic carbocycles. The number of aromatic nitrogens is 3. The summed E-state index contributed by atoms with van der Waals surface area (Å²) >= 11 is 0. The van der Waals surface area contributed by atoms with Gasteiger partial charge in [0.25, 0.3) is 5.91 Å². The summed E-state index contributed by atoms with van der Waals surface area (Å²) in [6, 6.07) is 11.1. The highest BCUT2D eigenvalue weighted by molar-refractivity contribution is 5.95. The number of methoxy groups -OCH3 is 2. The SMILES string of the molecule is COc1cccc(OC)c1-c1cc(C(=O)N[C@@H](/C=C/c2cccnc2)CC(=O)NC2CCC2)nn1C1CCCC1. The Bertz CT molecular complexity index is 1320. The molecule has 2 saturated carbocycles. The van der Waals surface area contributed by atoms with Crippen molar-refractivity contribution >= 4 is 17.9 Å². The number of hydrogen-bond donors (Lipinski definition) is 2. The van der Waals surface area contributed by atoms with Crippen LogP contribution >= 0.6 is 0 Å². The Hall–Kier alpha value is -4.14. The van der Waals surface area contributed by atoms with E-state index in [0.717, 1.165) is 61.8 Å². The van der Waals surface area contributed by atoms with Crippen LogP contribution in [0.2, 0.25) is 0 Å². The van der Waals surface area contributed by atoms with Crippen molar-refractivity contribution in [2.75, 3.05) is 14.2 Å². The molecule has 40 heavy (non-hydrogen) atoms. The van der Waals surface area contributed by atoms with E-state index in [-0.39, 0.29) is 36.0 Å². The van der Waals surface area contributed by atoms with Crippen LogP contribution in [-0.2, 0) is 4.79 Å². The zero-order chi connectivity index (χ0) is 27.9. The summed E-state index contributed by atoms with van der Waals surface area (Å²) in [6.45, 7) is 0. The van der Waals surface area contributed by atoms with Gasteiger partial charge in [0.2, 0.25) is 5.91 Å². The average molecular weight is 544 g/mol. The molecule has 2 aliphatic rings. The van der Waals surface area contributed by atoms with Gasteiger partial charge >= 0.3 is 0 Å². The Morgan fingerprint density at radius 1 is 1.05 bits per heavy atom. The normalized spacial score (nSPS) is 16.4. The van der Waals surface area contributed by atoms with Gasteiger partial charge in [0.1, 0.15) is 11.5 Å². The molecule has 0 radical (unpaired) electrons. The lowest BCUT2D eigenvalue weighted by Gasteiger charge is -2.27. The van der Waals surface area contributed by atoms with Gasteiger partial charge < -0.3 is 20.1 Å². The van der Waals surface area contributed by atoms with Gasteiger partial charge in [-0.3, -0.25) is 19.3 Å². The van der Waals surface area contributed by atoms with Crippen molar-refractivity contribution in [3.05, 3.63) is 66.1 Å². The number of nitrogens with one attached hydrogen (secondary N) is 2. The minimum absolute atomic E-state index is 0.0817. The van der Waals surface area contributed by atoms with Crippen LogP contribution < -0.4 is 20.1 Å². The molecule has 9 nitrogen and oxygen atoms in total. The van der Waals surface area contributed by atoms with E-state index in [2.05, 4.69) is 15.6 Å². The minimum atomic E-state index is -0.520. The highest BCUT2D eigenvalue weighted by Gasteiger charge is 2.28. The standard InChI is InChI=1S/C31H37N5O4/c1-39-27-13-6-14-28(40-2)30(27)26-19-25(35-36(26)24-11-3-4-12-24)31(38)34-23(16-15-21-8-7-17-32-20-21)18-29(37)33-22-9-5-10-22/h6-8,13-17,19-20,22-24H,3-5,9-12,18H2,1-2H3,(H,33,37)(H,34,38)/b16-15+/t23-/m0/s1. The molecule has 1 aromatic carbocycles. The molecule has 9 heteroatoms. The first kappa shape index (κ1) is 27.4. The highest BCUT2D eigenvalue weighted by atomic mass is 16.5. The third-order valence-electron chi connectivity index (χ3n) is 7.72. The second-order valence-corrected chi connectivity index (χ2v) is 10.5. The Morgan fingerprint density at radius 3 is 2.42 bits per heavy atom. The van der Waals surface area contributed by atoms with E-state index < -0.39 is 6.04 Å². The van der Waals surface area contributed by atoms with E-state index in [1.54, 1.807) is 32.7 Å². The summed E-state index contributed by atoms with van der Waals surface area (Å²) in [4.78, 5) is 30.6. The summed E-state index contributed by atoms with van der Waals surface area (Å²) in [5.74, 6) is 0.872. The van der Waals surface area contributed by atoms with E-state index in [1.165, 1.54) is 0 Å². The van der Waals surface area contributed by atoms with Crippen molar-refractivity contribution in [3.8, 4) is 22.8 Å². The van der Waals surface area contributed by atoms with E-state index in [1.807, 2.05) is 47.2 Å². The third kappa shape index (κ3) is 6.35. The molecule has 2 N–H and O–H groups in total. The van der Waals surface area contributed by atoms with Crippen LogP contribution in [0.4, 0.5) is 0 Å². The summed E-state index contributed by atoms with van der Waals surface area (Å²) in [6.07, 6.45) is 14.6. The summed E-state index contributed by atoms with van der Waals surface area (Å²) in [5, 5.41) is 10.9. The maximum atomic E-state index is 13.6. The molecule has 2 aromatic heterocycles. The number of benzene rings is 1. The van der Waals surface area contributed by atoms with Crippen molar-refractivity contribution in [1.82, 2.24) is 25.4 Å². The molecule has 1 atom stereocenters. The maximum Gasteiger partial charge on any atom is 0.272 e. The molecule has 0 bridgehead atoms. The highest BCUT2D eigenvalue weighted by Crippen LogP contribution is 2.41. The molecule has 0 saturated heterocycles. The smallest absolute Gasteiger partial charge is 0.272 e. The molecular formula is C31H37N5O4. The van der Waals surface area contributed by atoms with Crippen molar-refractivity contribution in [3.63, 3.8) is 0 Å². The van der Waals surface area contributed by atoms with E-state index in [0.29, 0.717) is 11.5 Å². The molecule has 2 fully saturated rings. The lowest BCUT2D eigenvalue weighted by molar-refractivity contribution is -0.122. The summed E-state index contributed by atoms with van der Waals surface area (Å²) in [5.41, 5.74) is 2.71. The number of pyridine rings is 1. The molecule has 0 spiro atoms. The van der Waals surface area contributed by atoms with Crippen molar-refractivity contribution in [2.45, 2.75) is 69.5 Å². The first-order valence-electron chi connectivity index (χ1n) is 14.0. The molecular weight excluding hydrogens is 506 g/mol. The van der Waals surface area contributed by atoms with Gasteiger partial charge in [-0.05, 0) is 61.9 Å². The van der Waals surface area contributed by atoms with Crippen LogP contribution in [0.25, 0.3) is 17.3 Å². The van der Waals surface area contributed by atoms with E-state index in [9.17, 15) is 9.59 Å². The summed E-state index contributed by atoms with van der Waals surface area (Å²) in [7, 11) is 3.24. The number of hydrogen-bond acceptors (Lipinski definition) is 6. The van der Waals surface area contributed by atoms with Crippen LogP contribution in [0.3, 0.4) is 0 Å². The fourth-order valence-electron chi connectivity index (χ4n) is 5.37. The topological polar surface area (TPSA) is 107 Å². The number of ether oxygens (including phenoxy) is 2. The Balaban J connectivity index is 1.43. The second kappa shape index (κ2) is 12.8. The zero-order valence-corrected chi connectivity index (χ0v) is 23.1. The van der Waals surface area contributed by atoms with Crippen LogP contribution in [0.15, 0.2) is 54.9 Å². The van der Waals surface area contributed by atoms with Crippen molar-refractivity contribution in [1.29, 1.82) is 0 Å². The predicted molar refractivity (Wildman–Crippen MR) is 153 cm³/mol.